The van der Waals surface area contributed by atoms with Crippen LogP contribution < -0.4 is 0 Å². The smallest absolute Gasteiger partial charge is 0.187 e. The number of hydrogen-bond acceptors (Lipinski definition) is 16. The molecular formula is C50H83NO15. The fourth-order valence-electron chi connectivity index (χ4n) is 17.2. The first-order valence-electron chi connectivity index (χ1n) is 25.2. The number of nitrogens with zero attached hydrogens (tertiary/aromatic N) is 1. The van der Waals surface area contributed by atoms with Gasteiger partial charge in [0, 0.05) is 17.6 Å². The number of aliphatic hydroxyl groups excluding tert-OH is 9. The van der Waals surface area contributed by atoms with E-state index in [1.54, 1.807) is 0 Å². The molecule has 5 aliphatic heterocycles. The first kappa shape index (κ1) is 50.1. The minimum atomic E-state index is -1.84. The van der Waals surface area contributed by atoms with Crippen LogP contribution in [-0.4, -0.2) is 180 Å². The Morgan fingerprint density at radius 2 is 1.23 bits per heavy atom. The lowest BCUT2D eigenvalue weighted by Gasteiger charge is -2.72. The molecule has 5 saturated heterocycles. The van der Waals surface area contributed by atoms with Crippen molar-refractivity contribution in [3.05, 3.63) is 11.6 Å². The molecule has 1 unspecified atom stereocenters. The molecule has 0 aromatic rings. The van der Waals surface area contributed by atoms with E-state index < -0.39 is 111 Å². The molecule has 16 nitrogen and oxygen atoms in total. The predicted molar refractivity (Wildman–Crippen MR) is 238 cm³/mol. The van der Waals surface area contributed by atoms with Gasteiger partial charge in [0.05, 0.1) is 25.4 Å². The average Bonchev–Trinajstić information content (AvgIpc) is 3.51. The minimum Gasteiger partial charge on any atom is -0.394 e. The van der Waals surface area contributed by atoms with Crippen molar-refractivity contribution in [1.82, 2.24) is 4.90 Å². The van der Waals surface area contributed by atoms with Gasteiger partial charge in [-0.3, -0.25) is 4.90 Å². The summed E-state index contributed by atoms with van der Waals surface area (Å²) in [4.78, 5) is 3.00. The molecule has 5 heterocycles. The van der Waals surface area contributed by atoms with Gasteiger partial charge in [-0.05, 0) is 123 Å². The summed E-state index contributed by atoms with van der Waals surface area (Å²) in [6.45, 7) is 24.7. The number of rotatable bonds is 8. The lowest BCUT2D eigenvalue weighted by Crippen LogP contribution is -2.67. The summed E-state index contributed by atoms with van der Waals surface area (Å²) >= 11 is 0. The fourth-order valence-corrected chi connectivity index (χ4v) is 17.2. The van der Waals surface area contributed by atoms with E-state index in [-0.39, 0.29) is 38.2 Å². The molecule has 378 valence electrons. The highest BCUT2D eigenvalue weighted by molar-refractivity contribution is 5.37. The largest absolute Gasteiger partial charge is 0.394 e. The molecule has 8 fully saturated rings. The van der Waals surface area contributed by atoms with Crippen molar-refractivity contribution in [1.29, 1.82) is 0 Å². The van der Waals surface area contributed by atoms with Gasteiger partial charge >= 0.3 is 0 Å². The molecule has 66 heavy (non-hydrogen) atoms. The molecule has 9 aliphatic rings. The number of allylic oxidation sites excluding steroid dienone is 1. The summed E-state index contributed by atoms with van der Waals surface area (Å²) in [6.07, 6.45) is -11.9. The van der Waals surface area contributed by atoms with Gasteiger partial charge < -0.3 is 74.4 Å². The first-order valence-corrected chi connectivity index (χ1v) is 25.2. The molecule has 9 N–H and O–H groups in total. The van der Waals surface area contributed by atoms with Gasteiger partial charge in [-0.15, -0.1) is 0 Å². The number of aliphatic hydroxyl groups is 9. The van der Waals surface area contributed by atoms with E-state index in [9.17, 15) is 46.0 Å². The van der Waals surface area contributed by atoms with Crippen LogP contribution in [0.3, 0.4) is 0 Å². The quantitative estimate of drug-likeness (QED) is 0.159. The molecule has 4 aliphatic carbocycles. The normalized spacial score (nSPS) is 59.6. The van der Waals surface area contributed by atoms with E-state index in [4.69, 9.17) is 28.4 Å². The maximum Gasteiger partial charge on any atom is 0.187 e. The van der Waals surface area contributed by atoms with Gasteiger partial charge in [-0.1, -0.05) is 60.1 Å². The van der Waals surface area contributed by atoms with Gasteiger partial charge in [0.2, 0.25) is 0 Å². The zero-order valence-electron chi connectivity index (χ0n) is 41.0. The molecule has 9 rings (SSSR count). The van der Waals surface area contributed by atoms with Crippen molar-refractivity contribution in [2.45, 2.75) is 236 Å². The van der Waals surface area contributed by atoms with Gasteiger partial charge in [0.1, 0.15) is 67.1 Å². The van der Waals surface area contributed by atoms with E-state index in [0.717, 1.165) is 25.8 Å². The van der Waals surface area contributed by atoms with Gasteiger partial charge in [-0.2, -0.15) is 0 Å². The summed E-state index contributed by atoms with van der Waals surface area (Å²) in [6, 6.07) is 0. The third-order valence-corrected chi connectivity index (χ3v) is 22.0. The van der Waals surface area contributed by atoms with Crippen LogP contribution in [0.4, 0.5) is 0 Å². The summed E-state index contributed by atoms with van der Waals surface area (Å²) in [7, 11) is 0. The number of ether oxygens (including phenoxy) is 6. The molecule has 0 bridgehead atoms. The Morgan fingerprint density at radius 3 is 1.89 bits per heavy atom. The lowest BCUT2D eigenvalue weighted by molar-refractivity contribution is -0.394. The highest BCUT2D eigenvalue weighted by Gasteiger charge is 2.84. The number of fused-ring (bicyclic) bond motifs is 9. The Kier molecular flexibility index (Phi) is 12.8. The van der Waals surface area contributed by atoms with E-state index in [0.29, 0.717) is 30.6 Å². The van der Waals surface area contributed by atoms with Crippen molar-refractivity contribution in [3.8, 4) is 0 Å². The third kappa shape index (κ3) is 6.59. The highest BCUT2D eigenvalue weighted by Crippen LogP contribution is 2.87. The van der Waals surface area contributed by atoms with Gasteiger partial charge in [-0.25, -0.2) is 0 Å². The first-order chi connectivity index (χ1) is 30.8. The van der Waals surface area contributed by atoms with E-state index in [1.807, 2.05) is 0 Å². The number of piperidine rings is 1. The molecule has 26 atom stereocenters. The van der Waals surface area contributed by atoms with E-state index in [1.165, 1.54) is 38.2 Å². The van der Waals surface area contributed by atoms with Crippen LogP contribution in [0.5, 0.6) is 0 Å². The van der Waals surface area contributed by atoms with Crippen LogP contribution in [0, 0.1) is 44.8 Å². The van der Waals surface area contributed by atoms with Crippen LogP contribution in [0.2, 0.25) is 0 Å². The SMILES string of the molecule is C[C@H]1CC[C@]2(C)[C@@H](C)[C@]3(C)[C@@]4(C)CC[C@]5(C)C6CC[C@H](O[C@@H]7O[C@H](CO)[C@H](O)[C@H](O[C@@H]8O[C@H](CO)[C@@H](O)[C@H](O)[C@H]8O)[C@H]7O[C@@H]7O[C@H](C)[C@@H](O)[C@H](O)[C@@H]7O)CC6=CC[C@@]5(C)[C@]4(C)C[C@]3(C)N2C1. The summed E-state index contributed by atoms with van der Waals surface area (Å²) in [5.74, 6) is 1.57. The monoisotopic (exact) mass is 938 g/mol. The molecule has 0 amide bonds. The second kappa shape index (κ2) is 16.8. The fraction of sp³-hybridized carbons (Fsp3) is 0.960. The van der Waals surface area contributed by atoms with Crippen LogP contribution in [0.1, 0.15) is 127 Å². The van der Waals surface area contributed by atoms with Crippen LogP contribution in [-0.2, 0) is 28.4 Å². The van der Waals surface area contributed by atoms with Gasteiger partial charge in [0.15, 0.2) is 18.9 Å². The summed E-state index contributed by atoms with van der Waals surface area (Å²) in [5, 5.41) is 96.4. The highest BCUT2D eigenvalue weighted by atomic mass is 16.8. The molecule has 0 radical (unpaired) electrons. The van der Waals surface area contributed by atoms with Crippen molar-refractivity contribution in [2.24, 2.45) is 44.8 Å². The maximum atomic E-state index is 11.7. The van der Waals surface area contributed by atoms with Crippen molar-refractivity contribution < 1.29 is 74.4 Å². The Labute approximate surface area is 390 Å². The number of hydrogen-bond donors (Lipinski definition) is 9. The van der Waals surface area contributed by atoms with Gasteiger partial charge in [0.25, 0.3) is 0 Å². The van der Waals surface area contributed by atoms with Crippen LogP contribution in [0.15, 0.2) is 11.6 Å². The average molecular weight is 938 g/mol. The Balaban J connectivity index is 0.998. The molecular weight excluding hydrogens is 855 g/mol. The second-order valence-electron chi connectivity index (χ2n) is 24.3. The zero-order chi connectivity index (χ0) is 48.1. The van der Waals surface area contributed by atoms with Crippen LogP contribution in [0.25, 0.3) is 0 Å². The standard InChI is InChI=1S/C50H83NO15/c1-24-13-15-45(5)26(3)50(10)47(7)18-17-44(4)29-12-11-28(19-27(29)14-16-46(44,6)48(47,8)23-49(50,9)51(45)20-24)62-43-40(66-41-37(59)35(57)32(54)25(2)61-41)39(34(56)31(22-53)64-43)65-42-38(60)36(58)33(55)30(21-52)63-42/h14,24-26,28-43,52-60H,11-13,15-23H2,1-10H3/t24-,25+,26+,28-,29?,30+,31+,32+,33+,34-,35-,36-,37-,38+,39-,40+,41-,42-,43+,44+,45+,46+,47-,48-,49-,50+/m0/s1. The molecule has 0 aromatic carbocycles. The molecule has 0 spiro atoms. The Hall–Kier alpha value is -0.900. The Morgan fingerprint density at radius 1 is 0.621 bits per heavy atom. The van der Waals surface area contributed by atoms with Crippen molar-refractivity contribution >= 4 is 0 Å². The molecule has 16 heteroatoms. The summed E-state index contributed by atoms with van der Waals surface area (Å²) < 4.78 is 37.1. The van der Waals surface area contributed by atoms with Crippen molar-refractivity contribution in [3.63, 3.8) is 0 Å². The lowest BCUT2D eigenvalue weighted by atomic mass is 9.32. The van der Waals surface area contributed by atoms with Crippen LogP contribution >= 0.6 is 0 Å². The van der Waals surface area contributed by atoms with Crippen molar-refractivity contribution in [2.75, 3.05) is 19.8 Å². The minimum absolute atomic E-state index is 0.0172. The topological polar surface area (TPSA) is 241 Å². The molecule has 0 aromatic heterocycles. The van der Waals surface area contributed by atoms with E-state index >= 15 is 0 Å². The third-order valence-electron chi connectivity index (χ3n) is 22.0. The molecule has 3 saturated carbocycles. The predicted octanol–water partition coefficient (Wildman–Crippen LogP) is 2.11. The maximum absolute atomic E-state index is 11.7. The van der Waals surface area contributed by atoms with E-state index in [2.05, 4.69) is 73.3 Å². The second-order valence-corrected chi connectivity index (χ2v) is 24.3. The Bertz CT molecular complexity index is 1840. The zero-order valence-corrected chi connectivity index (χ0v) is 41.0. The summed E-state index contributed by atoms with van der Waals surface area (Å²) in [5.41, 5.74) is 1.95.